The number of aromatic nitrogens is 2. The zero-order chi connectivity index (χ0) is 27.5. The maximum Gasteiger partial charge on any atom is 0.381 e. The van der Waals surface area contributed by atoms with Crippen molar-refractivity contribution in [1.82, 2.24) is 9.97 Å². The predicted molar refractivity (Wildman–Crippen MR) is 144 cm³/mol. The van der Waals surface area contributed by atoms with E-state index in [0.717, 1.165) is 11.5 Å². The van der Waals surface area contributed by atoms with Gasteiger partial charge in [-0.05, 0) is 32.9 Å². The maximum atomic E-state index is 11.2. The minimum atomic E-state index is -3.72. The minimum absolute atomic E-state index is 0.0924. The number of allylic oxidation sites excluding steroid dienone is 2. The van der Waals surface area contributed by atoms with E-state index in [9.17, 15) is 9.59 Å². The molecule has 0 radical (unpaired) electrons. The van der Waals surface area contributed by atoms with Crippen LogP contribution in [-0.2, 0) is 29.1 Å². The lowest BCUT2D eigenvalue weighted by Gasteiger charge is -2.20. The maximum absolute atomic E-state index is 11.2. The van der Waals surface area contributed by atoms with Gasteiger partial charge in [0.2, 0.25) is 5.88 Å². The van der Waals surface area contributed by atoms with Gasteiger partial charge in [-0.2, -0.15) is 13.4 Å². The van der Waals surface area contributed by atoms with Crippen LogP contribution < -0.4 is 4.52 Å². The first-order valence-corrected chi connectivity index (χ1v) is 16.3. The number of hydrogen-bond acceptors (Lipinski definition) is 10. The van der Waals surface area contributed by atoms with Gasteiger partial charge in [-0.3, -0.25) is 18.6 Å². The van der Waals surface area contributed by atoms with Gasteiger partial charge in [0.15, 0.2) is 11.6 Å². The summed E-state index contributed by atoms with van der Waals surface area (Å²) in [5.74, 6) is 1.18. The zero-order valence-electron chi connectivity index (χ0n) is 20.3. The van der Waals surface area contributed by atoms with E-state index in [1.807, 2.05) is 34.6 Å². The quantitative estimate of drug-likeness (QED) is 0.281. The van der Waals surface area contributed by atoms with Crippen LogP contribution >= 0.6 is 28.1 Å². The second kappa shape index (κ2) is 14.9. The third-order valence-electron chi connectivity index (χ3n) is 3.99. The average Bonchev–Trinajstić information content (AvgIpc) is 2.75. The largest absolute Gasteiger partial charge is 0.406 e. The van der Waals surface area contributed by atoms with E-state index in [0.29, 0.717) is 30.2 Å². The lowest BCUT2D eigenvalue weighted by atomic mass is 9.95. The molecule has 0 unspecified atom stereocenters. The Morgan fingerprint density at radius 3 is 1.81 bits per heavy atom. The number of fused-ring (bicyclic) bond motifs is 1. The lowest BCUT2D eigenvalue weighted by molar-refractivity contribution is 0.0994. The molecule has 1 heterocycles. The van der Waals surface area contributed by atoms with Crippen LogP contribution in [0.25, 0.3) is 0 Å². The first kappa shape index (κ1) is 32.3. The molecule has 36 heavy (non-hydrogen) atoms. The van der Waals surface area contributed by atoms with Crippen molar-refractivity contribution in [3.8, 4) is 5.88 Å². The summed E-state index contributed by atoms with van der Waals surface area (Å²) in [4.78, 5) is 31.1. The number of carbonyl (C=O) groups excluding carboxylic acids is 2. The van der Waals surface area contributed by atoms with Crippen molar-refractivity contribution in [1.29, 1.82) is 0 Å². The van der Waals surface area contributed by atoms with Gasteiger partial charge in [0.25, 0.3) is 0 Å². The standard InChI is InChI=1S/C12H21N2O3PS.C10H6O2.Cl2O2S/c1-6-15-18(19,16-7-2)17-11-8-10(5)13-12(14-11)9(3)4;11-9-5-6-10(12)8-4-2-1-3-7(8)9;1-5(2,3)4/h8-9H,6-7H2,1-5H3;1-6H;. The molecule has 1 aromatic carbocycles. The second-order valence-corrected chi connectivity index (χ2v) is 13.8. The van der Waals surface area contributed by atoms with Crippen LogP contribution in [0.15, 0.2) is 42.5 Å². The van der Waals surface area contributed by atoms with Gasteiger partial charge in [-0.1, -0.05) is 38.1 Å². The number of nitrogens with zero attached hydrogens (tertiary/aromatic N) is 2. The first-order valence-electron chi connectivity index (χ1n) is 10.6. The van der Waals surface area contributed by atoms with Gasteiger partial charge in [0.05, 0.1) is 13.2 Å². The molecule has 14 heteroatoms. The predicted octanol–water partition coefficient (Wildman–Crippen LogP) is 5.92. The summed E-state index contributed by atoms with van der Waals surface area (Å²) >= 11 is 5.32. The number of carbonyl (C=O) groups is 2. The van der Waals surface area contributed by atoms with Crippen LogP contribution in [0, 0.1) is 6.92 Å². The molecule has 0 saturated heterocycles. The molecule has 0 atom stereocenters. The Kier molecular flexibility index (Phi) is 13.4. The molecule has 1 aliphatic carbocycles. The smallest absolute Gasteiger partial charge is 0.381 e. The van der Waals surface area contributed by atoms with Crippen molar-refractivity contribution < 1.29 is 31.6 Å². The van der Waals surface area contributed by atoms with Crippen LogP contribution in [0.1, 0.15) is 65.8 Å². The van der Waals surface area contributed by atoms with Gasteiger partial charge < -0.3 is 4.52 Å². The molecule has 0 N–H and O–H groups in total. The summed E-state index contributed by atoms with van der Waals surface area (Å²) in [7, 11) is 4.81. The second-order valence-electron chi connectivity index (χ2n) is 7.22. The molecular weight excluding hydrogens is 570 g/mol. The van der Waals surface area contributed by atoms with E-state index < -0.39 is 15.0 Å². The fraction of sp³-hybridized carbons (Fsp3) is 0.364. The molecule has 0 spiro atoms. The Morgan fingerprint density at radius 2 is 1.42 bits per heavy atom. The van der Waals surface area contributed by atoms with Gasteiger partial charge in [0.1, 0.15) is 5.82 Å². The Labute approximate surface area is 225 Å². The summed E-state index contributed by atoms with van der Waals surface area (Å²) in [6.07, 6.45) is 2.62. The van der Waals surface area contributed by atoms with E-state index in [4.69, 9.17) is 33.8 Å². The molecule has 2 aromatic rings. The Bertz CT molecular complexity index is 1200. The molecule has 3 rings (SSSR count). The fourth-order valence-corrected chi connectivity index (χ4v) is 4.63. The van der Waals surface area contributed by atoms with E-state index in [-0.39, 0.29) is 17.5 Å². The highest BCUT2D eigenvalue weighted by Crippen LogP contribution is 2.49. The molecule has 1 aliphatic rings. The SMILES string of the molecule is CCOP(=S)(OCC)Oc1cc(C)nc(C(C)C)n1.O=C1C=CC(=O)c2ccccc21.O=S(=O)(Cl)Cl. The van der Waals surface area contributed by atoms with Crippen molar-refractivity contribution in [2.75, 3.05) is 13.2 Å². The van der Waals surface area contributed by atoms with Gasteiger partial charge in [-0.25, -0.2) is 4.98 Å². The van der Waals surface area contributed by atoms with Crippen molar-refractivity contribution in [3.63, 3.8) is 0 Å². The van der Waals surface area contributed by atoms with E-state index in [1.165, 1.54) is 12.2 Å². The highest BCUT2D eigenvalue weighted by atomic mass is 36.0. The van der Waals surface area contributed by atoms with Crippen molar-refractivity contribution >= 4 is 59.7 Å². The third kappa shape index (κ3) is 12.0. The summed E-state index contributed by atoms with van der Waals surface area (Å²) in [6.45, 7) is 7.78. The molecule has 1 aromatic heterocycles. The molecule has 0 amide bonds. The molecule has 0 fully saturated rings. The molecule has 0 bridgehead atoms. The molecule has 0 aliphatic heterocycles. The fourth-order valence-electron chi connectivity index (χ4n) is 2.63. The summed E-state index contributed by atoms with van der Waals surface area (Å²) < 4.78 is 34.9. The van der Waals surface area contributed by atoms with E-state index >= 15 is 0 Å². The zero-order valence-corrected chi connectivity index (χ0v) is 24.3. The number of ketones is 2. The average molecular weight is 597 g/mol. The molecular formula is C22H27Cl2N2O7PS2. The monoisotopic (exact) mass is 596 g/mol. The van der Waals surface area contributed by atoms with Crippen molar-refractivity contribution in [2.45, 2.75) is 40.5 Å². The van der Waals surface area contributed by atoms with Gasteiger partial charge in [0, 0.05) is 62.0 Å². The number of halogens is 2. The van der Waals surface area contributed by atoms with Crippen LogP contribution in [0.3, 0.4) is 0 Å². The van der Waals surface area contributed by atoms with Gasteiger partial charge >= 0.3 is 15.0 Å². The molecule has 198 valence electrons. The van der Waals surface area contributed by atoms with Crippen LogP contribution in [0.4, 0.5) is 0 Å². The first-order chi connectivity index (χ1) is 16.7. The van der Waals surface area contributed by atoms with Crippen LogP contribution in [0.5, 0.6) is 5.88 Å². The lowest BCUT2D eigenvalue weighted by Crippen LogP contribution is -2.10. The number of aryl methyl sites for hydroxylation is 1. The topological polar surface area (TPSA) is 122 Å². The highest BCUT2D eigenvalue weighted by molar-refractivity contribution is 8.31. The van der Waals surface area contributed by atoms with E-state index in [2.05, 4.69) is 31.3 Å². The minimum Gasteiger partial charge on any atom is -0.406 e. The van der Waals surface area contributed by atoms with Gasteiger partial charge in [-0.15, -0.1) is 0 Å². The molecule has 0 saturated carbocycles. The Hall–Kier alpha value is -1.72. The number of rotatable bonds is 7. The molecule has 9 nitrogen and oxygen atoms in total. The van der Waals surface area contributed by atoms with Crippen molar-refractivity contribution in [3.05, 3.63) is 65.1 Å². The highest BCUT2D eigenvalue weighted by Gasteiger charge is 2.23. The summed E-state index contributed by atoms with van der Waals surface area (Å²) in [6, 6.07) is 8.58. The van der Waals surface area contributed by atoms with E-state index in [1.54, 1.807) is 30.3 Å². The van der Waals surface area contributed by atoms with Crippen LogP contribution in [0.2, 0.25) is 0 Å². The Balaban J connectivity index is 0.000000322. The van der Waals surface area contributed by atoms with Crippen LogP contribution in [-0.4, -0.2) is 43.2 Å². The summed E-state index contributed by atoms with van der Waals surface area (Å²) in [5, 5.41) is 0. The normalized spacial score (nSPS) is 12.8. The third-order valence-corrected chi connectivity index (χ3v) is 6.40. The number of hydrogen-bond donors (Lipinski definition) is 0. The Morgan fingerprint density at radius 1 is 0.972 bits per heavy atom. The van der Waals surface area contributed by atoms with Crippen molar-refractivity contribution in [2.24, 2.45) is 0 Å². The summed E-state index contributed by atoms with van der Waals surface area (Å²) in [5.41, 5.74) is 1.85. The number of benzene rings is 1.